The number of hydrogen-bond donors (Lipinski definition) is 0. The lowest BCUT2D eigenvalue weighted by Gasteiger charge is -2.27. The van der Waals surface area contributed by atoms with Gasteiger partial charge in [-0.15, -0.1) is 11.3 Å². The SMILES string of the molecule is Cc1cc(Cl)ccc1OCC(=O)N1CCc2sc(-c3noc(C(F)(F)F)n3)cc2C1. The zero-order valence-electron chi connectivity index (χ0n) is 15.6. The number of hydrogen-bond acceptors (Lipinski definition) is 6. The lowest BCUT2D eigenvalue weighted by atomic mass is 10.1. The molecule has 1 aliphatic rings. The van der Waals surface area contributed by atoms with Crippen LogP contribution in [0.1, 0.15) is 21.9 Å². The van der Waals surface area contributed by atoms with E-state index < -0.39 is 12.1 Å². The van der Waals surface area contributed by atoms with Gasteiger partial charge in [-0.05, 0) is 48.7 Å². The average Bonchev–Trinajstić information content (AvgIpc) is 3.33. The van der Waals surface area contributed by atoms with Gasteiger partial charge in [-0.1, -0.05) is 16.8 Å². The summed E-state index contributed by atoms with van der Waals surface area (Å²) in [5.74, 6) is -1.08. The minimum atomic E-state index is -4.69. The van der Waals surface area contributed by atoms with E-state index in [1.807, 2.05) is 6.92 Å². The zero-order valence-corrected chi connectivity index (χ0v) is 17.2. The molecule has 6 nitrogen and oxygen atoms in total. The second kappa shape index (κ2) is 7.92. The highest BCUT2D eigenvalue weighted by Crippen LogP contribution is 2.35. The molecule has 0 saturated carbocycles. The van der Waals surface area contributed by atoms with Crippen LogP contribution < -0.4 is 4.74 Å². The summed E-state index contributed by atoms with van der Waals surface area (Å²) in [7, 11) is 0. The fraction of sp³-hybridized carbons (Fsp3) is 0.316. The van der Waals surface area contributed by atoms with E-state index in [1.165, 1.54) is 11.3 Å². The first kappa shape index (κ1) is 20.7. The normalized spacial score (nSPS) is 14.0. The minimum absolute atomic E-state index is 0.110. The molecule has 11 heteroatoms. The van der Waals surface area contributed by atoms with Gasteiger partial charge in [0, 0.05) is 23.0 Å². The van der Waals surface area contributed by atoms with Gasteiger partial charge in [0.05, 0.1) is 4.88 Å². The van der Waals surface area contributed by atoms with Gasteiger partial charge in [0.25, 0.3) is 5.91 Å². The molecule has 2 aromatic heterocycles. The number of aryl methyl sites for hydroxylation is 1. The number of thiophene rings is 1. The van der Waals surface area contributed by atoms with Gasteiger partial charge in [-0.25, -0.2) is 0 Å². The van der Waals surface area contributed by atoms with Crippen LogP contribution in [0.2, 0.25) is 5.02 Å². The van der Waals surface area contributed by atoms with E-state index in [4.69, 9.17) is 16.3 Å². The van der Waals surface area contributed by atoms with E-state index in [0.717, 1.165) is 16.0 Å². The molecular formula is C19H15ClF3N3O3S. The highest BCUT2D eigenvalue weighted by atomic mass is 35.5. The fourth-order valence-corrected chi connectivity index (χ4v) is 4.42. The van der Waals surface area contributed by atoms with Gasteiger partial charge in [0.1, 0.15) is 5.75 Å². The van der Waals surface area contributed by atoms with E-state index in [0.29, 0.717) is 35.2 Å². The second-order valence-electron chi connectivity index (χ2n) is 6.74. The molecule has 0 atom stereocenters. The van der Waals surface area contributed by atoms with Crippen LogP contribution in [0.4, 0.5) is 13.2 Å². The van der Waals surface area contributed by atoms with Crippen molar-refractivity contribution in [2.45, 2.75) is 26.1 Å². The largest absolute Gasteiger partial charge is 0.483 e. The lowest BCUT2D eigenvalue weighted by molar-refractivity contribution is -0.159. The van der Waals surface area contributed by atoms with Crippen LogP contribution in [0.25, 0.3) is 10.7 Å². The molecule has 0 unspecified atom stereocenters. The molecule has 0 N–H and O–H groups in total. The highest BCUT2D eigenvalue weighted by Gasteiger charge is 2.38. The van der Waals surface area contributed by atoms with Gasteiger partial charge < -0.3 is 14.2 Å². The number of aromatic nitrogens is 2. The maximum absolute atomic E-state index is 12.7. The number of ether oxygens (including phenoxy) is 1. The van der Waals surface area contributed by atoms with Crippen molar-refractivity contribution in [1.82, 2.24) is 15.0 Å². The van der Waals surface area contributed by atoms with E-state index >= 15 is 0 Å². The van der Waals surface area contributed by atoms with Crippen molar-refractivity contribution in [2.75, 3.05) is 13.2 Å². The number of carbonyl (C=O) groups excluding carboxylic acids is 1. The third kappa shape index (κ3) is 4.29. The van der Waals surface area contributed by atoms with Crippen molar-refractivity contribution in [1.29, 1.82) is 0 Å². The molecule has 1 aliphatic heterocycles. The quantitative estimate of drug-likeness (QED) is 0.566. The summed E-state index contributed by atoms with van der Waals surface area (Å²) in [5, 5.41) is 4.01. The Labute approximate surface area is 178 Å². The maximum Gasteiger partial charge on any atom is 0.471 e. The maximum atomic E-state index is 12.7. The van der Waals surface area contributed by atoms with Crippen LogP contribution in [-0.4, -0.2) is 34.1 Å². The monoisotopic (exact) mass is 457 g/mol. The van der Waals surface area contributed by atoms with Gasteiger partial charge in [-0.3, -0.25) is 4.79 Å². The Bertz CT molecular complexity index is 1100. The van der Waals surface area contributed by atoms with Crippen LogP contribution in [0.5, 0.6) is 5.75 Å². The molecule has 3 heterocycles. The van der Waals surface area contributed by atoms with E-state index in [9.17, 15) is 18.0 Å². The smallest absolute Gasteiger partial charge is 0.471 e. The second-order valence-corrected chi connectivity index (χ2v) is 8.32. The number of nitrogens with zero attached hydrogens (tertiary/aromatic N) is 3. The third-order valence-corrected chi connectivity index (χ3v) is 6.06. The molecule has 30 heavy (non-hydrogen) atoms. The Hall–Kier alpha value is -2.59. The number of carbonyl (C=O) groups is 1. The van der Waals surface area contributed by atoms with Crippen molar-refractivity contribution in [2.24, 2.45) is 0 Å². The molecule has 0 aliphatic carbocycles. The van der Waals surface area contributed by atoms with Crippen molar-refractivity contribution < 1.29 is 27.2 Å². The minimum Gasteiger partial charge on any atom is -0.483 e. The van der Waals surface area contributed by atoms with Crippen LogP contribution >= 0.6 is 22.9 Å². The molecule has 158 valence electrons. The zero-order chi connectivity index (χ0) is 21.5. The van der Waals surface area contributed by atoms with E-state index in [-0.39, 0.29) is 18.3 Å². The van der Waals surface area contributed by atoms with Gasteiger partial charge in [-0.2, -0.15) is 18.2 Å². The first-order valence-corrected chi connectivity index (χ1v) is 10.1. The number of amides is 1. The number of fused-ring (bicyclic) bond motifs is 1. The number of rotatable bonds is 4. The summed E-state index contributed by atoms with van der Waals surface area (Å²) in [6.45, 7) is 2.56. The van der Waals surface area contributed by atoms with Crippen LogP contribution in [0.15, 0.2) is 28.8 Å². The summed E-state index contributed by atoms with van der Waals surface area (Å²) in [5.41, 5.74) is 1.69. The summed E-state index contributed by atoms with van der Waals surface area (Å²) in [4.78, 5) is 19.1. The molecule has 0 bridgehead atoms. The van der Waals surface area contributed by atoms with Crippen molar-refractivity contribution in [3.63, 3.8) is 0 Å². The predicted octanol–water partition coefficient (Wildman–Crippen LogP) is 4.74. The predicted molar refractivity (Wildman–Crippen MR) is 103 cm³/mol. The van der Waals surface area contributed by atoms with Crippen LogP contribution in [-0.2, 0) is 23.9 Å². The fourth-order valence-electron chi connectivity index (χ4n) is 3.10. The molecule has 0 spiro atoms. The van der Waals surface area contributed by atoms with E-state index in [2.05, 4.69) is 14.7 Å². The van der Waals surface area contributed by atoms with E-state index in [1.54, 1.807) is 29.2 Å². The molecule has 3 aromatic rings. The number of halogens is 4. The highest BCUT2D eigenvalue weighted by molar-refractivity contribution is 7.15. The first-order chi connectivity index (χ1) is 14.2. The molecule has 0 saturated heterocycles. The lowest BCUT2D eigenvalue weighted by Crippen LogP contribution is -2.38. The summed E-state index contributed by atoms with van der Waals surface area (Å²) in [6.07, 6.45) is -4.09. The Balaban J connectivity index is 1.42. The molecule has 1 amide bonds. The first-order valence-electron chi connectivity index (χ1n) is 8.90. The molecular weight excluding hydrogens is 443 g/mol. The number of alkyl halides is 3. The Morgan fingerprint density at radius 3 is 2.87 bits per heavy atom. The van der Waals surface area contributed by atoms with Crippen molar-refractivity contribution in [3.8, 4) is 16.5 Å². The molecule has 1 aromatic carbocycles. The molecule has 4 rings (SSSR count). The Morgan fingerprint density at radius 1 is 1.37 bits per heavy atom. The van der Waals surface area contributed by atoms with Gasteiger partial charge in [0.15, 0.2) is 6.61 Å². The molecule has 0 radical (unpaired) electrons. The molecule has 0 fully saturated rings. The van der Waals surface area contributed by atoms with Gasteiger partial charge in [0.2, 0.25) is 5.82 Å². The summed E-state index contributed by atoms with van der Waals surface area (Å²) < 4.78 is 47.9. The summed E-state index contributed by atoms with van der Waals surface area (Å²) in [6, 6.07) is 6.86. The Morgan fingerprint density at radius 2 is 2.17 bits per heavy atom. The standard InChI is InChI=1S/C19H15ClF3N3O3S/c1-10-6-12(20)2-3-13(10)28-9-16(27)26-5-4-14-11(8-26)7-15(30-14)17-24-18(29-25-17)19(21,22)23/h2-3,6-7H,4-5,8-9H2,1H3. The average molecular weight is 458 g/mol. The summed E-state index contributed by atoms with van der Waals surface area (Å²) >= 11 is 7.22. The number of benzene rings is 1. The van der Waals surface area contributed by atoms with Gasteiger partial charge >= 0.3 is 12.1 Å². The van der Waals surface area contributed by atoms with Crippen LogP contribution in [0, 0.1) is 6.92 Å². The van der Waals surface area contributed by atoms with Crippen molar-refractivity contribution in [3.05, 3.63) is 51.2 Å². The third-order valence-electron chi connectivity index (χ3n) is 4.60. The van der Waals surface area contributed by atoms with Crippen LogP contribution in [0.3, 0.4) is 0 Å². The Kier molecular flexibility index (Phi) is 5.46. The van der Waals surface area contributed by atoms with Crippen molar-refractivity contribution >= 4 is 28.8 Å². The topological polar surface area (TPSA) is 68.5 Å².